The first-order chi connectivity index (χ1) is 19.2. The van der Waals surface area contributed by atoms with E-state index >= 15 is 0 Å². The second kappa shape index (κ2) is 8.76. The number of nitrogens with zero attached hydrogens (tertiary/aromatic N) is 3. The molecular formula is C34H28N3+. The van der Waals surface area contributed by atoms with Crippen molar-refractivity contribution < 1.29 is 8.68 Å². The van der Waals surface area contributed by atoms with Crippen molar-refractivity contribution >= 4 is 27.5 Å². The molecule has 6 rings (SSSR count). The van der Waals surface area contributed by atoms with Crippen LogP contribution in [0.1, 0.15) is 20.9 Å². The normalized spacial score (nSPS) is 12.8. The molecule has 2 heterocycles. The van der Waals surface area contributed by atoms with Crippen molar-refractivity contribution in [3.05, 3.63) is 125 Å². The van der Waals surface area contributed by atoms with Crippen LogP contribution < -0.4 is 4.57 Å². The maximum Gasteiger partial charge on any atom is 0.214 e. The summed E-state index contributed by atoms with van der Waals surface area (Å²) >= 11 is 0. The van der Waals surface area contributed by atoms with Crippen LogP contribution in [0.3, 0.4) is 0 Å². The largest absolute Gasteiger partial charge is 0.309 e. The molecule has 0 unspecified atom stereocenters. The van der Waals surface area contributed by atoms with Crippen molar-refractivity contribution in [1.29, 1.82) is 0 Å². The van der Waals surface area contributed by atoms with Crippen LogP contribution in [-0.2, 0) is 7.05 Å². The molecule has 0 fully saturated rings. The predicted octanol–water partition coefficient (Wildman–Crippen LogP) is 8.42. The van der Waals surface area contributed by atoms with Crippen LogP contribution in [-0.4, -0.2) is 4.57 Å². The predicted molar refractivity (Wildman–Crippen MR) is 153 cm³/mol. The summed E-state index contributed by atoms with van der Waals surface area (Å²) in [4.78, 5) is 3.94. The van der Waals surface area contributed by atoms with Gasteiger partial charge in [0.1, 0.15) is 7.05 Å². The van der Waals surface area contributed by atoms with Crippen LogP contribution >= 0.6 is 0 Å². The smallest absolute Gasteiger partial charge is 0.214 e. The molecule has 0 atom stereocenters. The molecule has 0 spiro atoms. The molecule has 0 aliphatic carbocycles. The van der Waals surface area contributed by atoms with Gasteiger partial charge in [0.2, 0.25) is 5.69 Å². The van der Waals surface area contributed by atoms with Crippen molar-refractivity contribution in [3.63, 3.8) is 0 Å². The zero-order valence-electron chi connectivity index (χ0n) is 24.1. The van der Waals surface area contributed by atoms with Gasteiger partial charge in [-0.2, -0.15) is 4.57 Å². The zero-order chi connectivity index (χ0) is 28.2. The van der Waals surface area contributed by atoms with Crippen molar-refractivity contribution in [2.75, 3.05) is 0 Å². The summed E-state index contributed by atoms with van der Waals surface area (Å²) in [6.45, 7) is 9.78. The van der Waals surface area contributed by atoms with E-state index in [0.717, 1.165) is 55.4 Å². The Labute approximate surface area is 221 Å². The van der Waals surface area contributed by atoms with Gasteiger partial charge in [-0.15, -0.1) is 0 Å². The van der Waals surface area contributed by atoms with E-state index in [1.165, 1.54) is 0 Å². The first-order valence-electron chi connectivity index (χ1n) is 13.8. The quantitative estimate of drug-likeness (QED) is 0.178. The summed E-state index contributed by atoms with van der Waals surface area (Å²) in [5, 5.41) is 2.13. The van der Waals surface area contributed by atoms with E-state index in [0.29, 0.717) is 16.9 Å². The van der Waals surface area contributed by atoms with Crippen molar-refractivity contribution in [3.8, 4) is 28.1 Å². The lowest BCUT2D eigenvalue weighted by molar-refractivity contribution is -0.667. The van der Waals surface area contributed by atoms with Crippen LogP contribution in [0.4, 0.5) is 5.69 Å². The Morgan fingerprint density at radius 3 is 2.03 bits per heavy atom. The minimum Gasteiger partial charge on any atom is -0.309 e. The summed E-state index contributed by atoms with van der Waals surface area (Å²) < 4.78 is 28.3. The van der Waals surface area contributed by atoms with Crippen LogP contribution in [0.15, 0.2) is 97.1 Å². The fourth-order valence-electron chi connectivity index (χ4n) is 5.43. The third-order valence-corrected chi connectivity index (χ3v) is 7.40. The fraction of sp³-hybridized carbons (Fsp3) is 0.118. The Kier molecular flexibility index (Phi) is 4.62. The molecule has 0 aliphatic heterocycles. The molecule has 0 amide bonds. The van der Waals surface area contributed by atoms with E-state index in [1.54, 1.807) is 6.07 Å². The first-order valence-corrected chi connectivity index (χ1v) is 12.3. The first kappa shape index (κ1) is 19.5. The number of benzene rings is 4. The van der Waals surface area contributed by atoms with Gasteiger partial charge in [0.15, 0.2) is 11.4 Å². The van der Waals surface area contributed by atoms with E-state index in [9.17, 15) is 0 Å². The number of aromatic nitrogens is 2. The van der Waals surface area contributed by atoms with Crippen molar-refractivity contribution in [2.45, 2.75) is 20.7 Å². The molecule has 178 valence electrons. The fourth-order valence-corrected chi connectivity index (χ4v) is 5.43. The van der Waals surface area contributed by atoms with Gasteiger partial charge < -0.3 is 4.57 Å². The lowest BCUT2D eigenvalue weighted by Gasteiger charge is -2.15. The summed E-state index contributed by atoms with van der Waals surface area (Å²) in [5.41, 5.74) is 9.57. The van der Waals surface area contributed by atoms with Gasteiger partial charge in [-0.1, -0.05) is 72.8 Å². The Balaban J connectivity index is 1.85. The summed E-state index contributed by atoms with van der Waals surface area (Å²) in [7, 11) is 1.93. The average molecular weight is 482 g/mol. The SMILES string of the molecule is [2H]C([2H])([2H])c1ccc(-c2c(C)ccc3c4ccc([N+]#[C-])c(-c5ccccc5)c4n(-c4ccccc4)c23)[n+](C)c1C. The highest BCUT2D eigenvalue weighted by Crippen LogP contribution is 2.45. The molecule has 0 aliphatic rings. The van der Waals surface area contributed by atoms with Crippen LogP contribution in [0, 0.1) is 27.3 Å². The molecule has 0 bridgehead atoms. The standard InChI is InChI=1S/C34H28N3/c1-22-17-21-30(36(5)24(22)3)31-23(2)16-18-27-28-19-20-29(35-4)32(25-12-8-6-9-13-25)34(28)37(33(27)31)26-14-10-7-11-15-26/h6-21H,1-3,5H3/q+1/i1D3. The van der Waals surface area contributed by atoms with E-state index in [-0.39, 0.29) is 0 Å². The van der Waals surface area contributed by atoms with E-state index < -0.39 is 6.85 Å². The third kappa shape index (κ3) is 3.45. The number of hydrogen-bond donors (Lipinski definition) is 0. The molecule has 6 aromatic rings. The number of hydrogen-bond acceptors (Lipinski definition) is 0. The number of rotatable bonds is 3. The van der Waals surface area contributed by atoms with Gasteiger partial charge in [-0.3, -0.25) is 0 Å². The van der Waals surface area contributed by atoms with Crippen LogP contribution in [0.5, 0.6) is 0 Å². The second-order valence-electron chi connectivity index (χ2n) is 9.43. The van der Waals surface area contributed by atoms with E-state index in [4.69, 9.17) is 10.7 Å². The molecule has 0 saturated heterocycles. The minimum atomic E-state index is -2.19. The van der Waals surface area contributed by atoms with Crippen molar-refractivity contribution in [2.24, 2.45) is 7.05 Å². The zero-order valence-corrected chi connectivity index (χ0v) is 21.1. The van der Waals surface area contributed by atoms with Crippen LogP contribution in [0.25, 0.3) is 54.7 Å². The number of fused-ring (bicyclic) bond motifs is 3. The Morgan fingerprint density at radius 2 is 1.35 bits per heavy atom. The van der Waals surface area contributed by atoms with Gasteiger partial charge in [0.25, 0.3) is 0 Å². The number of pyridine rings is 1. The average Bonchev–Trinajstić information content (AvgIpc) is 3.28. The van der Waals surface area contributed by atoms with Gasteiger partial charge in [0.05, 0.1) is 23.2 Å². The molecule has 4 aromatic carbocycles. The van der Waals surface area contributed by atoms with E-state index in [1.807, 2.05) is 67.1 Å². The maximum atomic E-state index is 8.02. The van der Waals surface area contributed by atoms with Gasteiger partial charge >= 0.3 is 0 Å². The molecule has 0 radical (unpaired) electrons. The lowest BCUT2D eigenvalue weighted by atomic mass is 9.98. The highest BCUT2D eigenvalue weighted by atomic mass is 15.0. The number of aryl methyl sites for hydroxylation is 2. The molecule has 3 nitrogen and oxygen atoms in total. The van der Waals surface area contributed by atoms with Gasteiger partial charge in [-0.25, -0.2) is 4.85 Å². The molecule has 0 saturated carbocycles. The van der Waals surface area contributed by atoms with Gasteiger partial charge in [0, 0.05) is 44.7 Å². The molecular weight excluding hydrogens is 450 g/mol. The van der Waals surface area contributed by atoms with Crippen LogP contribution in [0.2, 0.25) is 0 Å². The van der Waals surface area contributed by atoms with E-state index in [2.05, 4.69) is 58.8 Å². The summed E-state index contributed by atoms with van der Waals surface area (Å²) in [6, 6.07) is 32.3. The molecule has 3 heteroatoms. The monoisotopic (exact) mass is 481 g/mol. The van der Waals surface area contributed by atoms with Crippen molar-refractivity contribution in [1.82, 2.24) is 4.57 Å². The molecule has 0 N–H and O–H groups in total. The topological polar surface area (TPSA) is 13.2 Å². The highest BCUT2D eigenvalue weighted by Gasteiger charge is 2.26. The summed E-state index contributed by atoms with van der Waals surface area (Å²) in [5.74, 6) is 0. The second-order valence-corrected chi connectivity index (χ2v) is 9.43. The summed E-state index contributed by atoms with van der Waals surface area (Å²) in [6.07, 6.45) is 0. The maximum absolute atomic E-state index is 8.02. The Hall–Kier alpha value is -4.68. The Bertz CT molecular complexity index is 1960. The molecule has 2 aromatic heterocycles. The lowest BCUT2D eigenvalue weighted by Crippen LogP contribution is -2.35. The highest BCUT2D eigenvalue weighted by molar-refractivity contribution is 6.19. The Morgan fingerprint density at radius 1 is 0.730 bits per heavy atom. The minimum absolute atomic E-state index is 0.347. The molecule has 37 heavy (non-hydrogen) atoms. The third-order valence-electron chi connectivity index (χ3n) is 7.40. The number of para-hydroxylation sites is 1. The van der Waals surface area contributed by atoms with Gasteiger partial charge in [-0.05, 0) is 43.1 Å².